The second-order valence-corrected chi connectivity index (χ2v) is 51.6. The van der Waals surface area contributed by atoms with E-state index in [1.54, 1.807) is 0 Å². The highest BCUT2D eigenvalue weighted by atomic mass is 127. The van der Waals surface area contributed by atoms with E-state index in [4.69, 9.17) is 0 Å². The number of para-hydroxylation sites is 2. The molecule has 27 heteroatoms. The fourth-order valence-electron chi connectivity index (χ4n) is 19.5. The van der Waals surface area contributed by atoms with Crippen LogP contribution in [0.3, 0.4) is 0 Å². The Hall–Kier alpha value is -0.890. The topological polar surface area (TPSA) is 18.8 Å². The number of anilines is 3. The fraction of sp³-hybridized carbons (Fsp3) is 0.495. The number of benzene rings is 6. The highest BCUT2D eigenvalue weighted by molar-refractivity contribution is 14.1. The van der Waals surface area contributed by atoms with Crippen LogP contribution in [-0.4, -0.2) is 263 Å². The Morgan fingerprint density at radius 2 is 0.588 bits per heavy atom. The Balaban J connectivity index is 0.000000988. The summed E-state index contributed by atoms with van der Waals surface area (Å²) in [6.45, 7) is 41.4. The van der Waals surface area contributed by atoms with Gasteiger partial charge in [0, 0.05) is 167 Å². The molecule has 0 atom stereocenters. The van der Waals surface area contributed by atoms with E-state index in [9.17, 15) is 0 Å². The normalized spacial score (nSPS) is 17.8. The van der Waals surface area contributed by atoms with Gasteiger partial charge in [-0.05, 0) is 213 Å². The average Bonchev–Trinajstić information content (AvgIpc) is 1.59. The maximum atomic E-state index is 3.93. The van der Waals surface area contributed by atoms with Gasteiger partial charge in [0.2, 0.25) is 17.1 Å². The SMILES string of the molecule is CC1(C)C(/C=C/C(Br)=C/C=C2/N(CCC[N+](C)(C)C)c3ccc(I)cc3C2(C)C)=[N+](CCC[N+](C)(C)C)c2ccc(I)cc21.CC1(C)C(/C=C/C(Br)=C/C=C2\N(CCC[N+](C)(C)C)c3ccccc3C2(C)C)=[N+](CCC[N+](C)(C)C)c2ccccc21.CC1(C)C(/C=C/C=C2/N(CCC[N+](C)(C)C)c3ccc(Br)cc3C2(C)C)=[N+](CCC[N+](C)(C)C)c2ccc(Br)cc21.[Br-].[Br-].[Br-].[Br-].[Br-].[Br-].[Br-].[Br-].[Br-]. The summed E-state index contributed by atoms with van der Waals surface area (Å²) in [6.07, 6.45) is 32.3. The third kappa shape index (κ3) is 34.1. The van der Waals surface area contributed by atoms with Crippen LogP contribution in [0.5, 0.6) is 0 Å². The van der Waals surface area contributed by atoms with Gasteiger partial charge in [0.15, 0.2) is 36.8 Å². The second-order valence-electron chi connectivity index (χ2n) is 45.5. The first-order chi connectivity index (χ1) is 58.7. The van der Waals surface area contributed by atoms with E-state index >= 15 is 0 Å². The van der Waals surface area contributed by atoms with Crippen molar-refractivity contribution < 1.29 is 193 Å². The minimum Gasteiger partial charge on any atom is -1.00 e. The van der Waals surface area contributed by atoms with Crippen molar-refractivity contribution in [2.75, 3.05) is 220 Å². The average molecular weight is 2930 g/mol. The van der Waals surface area contributed by atoms with E-state index in [0.29, 0.717) is 0 Å². The first-order valence-electron chi connectivity index (χ1n) is 46.2. The van der Waals surface area contributed by atoms with Crippen molar-refractivity contribution in [3.63, 3.8) is 0 Å². The Morgan fingerprint density at radius 1 is 0.309 bits per heavy atom. The Kier molecular flexibility index (Phi) is 52.7. The minimum atomic E-state index is -0.0754. The maximum Gasteiger partial charge on any atom is 0.209 e. The zero-order chi connectivity index (χ0) is 94.0. The Morgan fingerprint density at radius 3 is 0.993 bits per heavy atom. The largest absolute Gasteiger partial charge is 1.00 e. The van der Waals surface area contributed by atoms with Crippen molar-refractivity contribution in [3.8, 4) is 0 Å². The first kappa shape index (κ1) is 133. The molecule has 0 fully saturated rings. The molecule has 6 aliphatic rings. The predicted molar refractivity (Wildman–Crippen MR) is 580 cm³/mol. The van der Waals surface area contributed by atoms with Crippen LogP contribution in [0.25, 0.3) is 0 Å². The maximum absolute atomic E-state index is 3.93. The molecule has 12 rings (SSSR count). The molecule has 0 bridgehead atoms. The van der Waals surface area contributed by atoms with Gasteiger partial charge in [-0.15, -0.1) is 0 Å². The van der Waals surface area contributed by atoms with Crippen LogP contribution >= 0.6 is 109 Å². The summed E-state index contributed by atoms with van der Waals surface area (Å²) >= 11 is 20.2. The molecule has 758 valence electrons. The van der Waals surface area contributed by atoms with Crippen molar-refractivity contribution in [1.29, 1.82) is 0 Å². The van der Waals surface area contributed by atoms with Gasteiger partial charge >= 0.3 is 0 Å². The van der Waals surface area contributed by atoms with Crippen molar-refractivity contribution in [1.82, 2.24) is 0 Å². The van der Waals surface area contributed by atoms with Gasteiger partial charge in [0.1, 0.15) is 0 Å². The molecular formula is C109H157Br13I2N12. The molecular weight excluding hydrogens is 2770 g/mol. The summed E-state index contributed by atoms with van der Waals surface area (Å²) in [4.78, 5) is 7.67. The molecule has 0 N–H and O–H groups in total. The van der Waals surface area contributed by atoms with Gasteiger partial charge in [0.25, 0.3) is 0 Å². The van der Waals surface area contributed by atoms with Crippen LogP contribution in [0.1, 0.15) is 155 Å². The van der Waals surface area contributed by atoms with Crippen LogP contribution < -0.4 is 168 Å². The summed E-state index contributed by atoms with van der Waals surface area (Å²) in [7, 11) is 41.0. The first-order valence-corrected chi connectivity index (χ1v) is 51.5. The van der Waals surface area contributed by atoms with Crippen LogP contribution in [0.2, 0.25) is 0 Å². The Bertz CT molecular complexity index is 5390. The van der Waals surface area contributed by atoms with Crippen molar-refractivity contribution in [2.45, 2.75) is 154 Å². The molecule has 6 aliphatic heterocycles. The molecule has 0 aromatic heterocycles. The number of hydrogen-bond acceptors (Lipinski definition) is 3. The van der Waals surface area contributed by atoms with Crippen LogP contribution in [0.4, 0.5) is 34.1 Å². The summed E-state index contributed by atoms with van der Waals surface area (Å²) < 4.78 is 20.6. The van der Waals surface area contributed by atoms with E-state index < -0.39 is 0 Å². The predicted octanol–water partition coefficient (Wildman–Crippen LogP) is -2.19. The van der Waals surface area contributed by atoms with E-state index in [1.165, 1.54) is 109 Å². The molecule has 6 aromatic rings. The van der Waals surface area contributed by atoms with Gasteiger partial charge in [0.05, 0.1) is 202 Å². The lowest BCUT2D eigenvalue weighted by atomic mass is 9.81. The van der Waals surface area contributed by atoms with Crippen LogP contribution in [0, 0.1) is 7.14 Å². The van der Waals surface area contributed by atoms with E-state index in [-0.39, 0.29) is 185 Å². The molecule has 6 heterocycles. The Labute approximate surface area is 979 Å². The third-order valence-electron chi connectivity index (χ3n) is 26.4. The van der Waals surface area contributed by atoms with Gasteiger partial charge in [-0.3, -0.25) is 0 Å². The number of halogens is 15. The molecule has 6 aromatic carbocycles. The van der Waals surface area contributed by atoms with Gasteiger partial charge in [-0.2, -0.15) is 13.7 Å². The second kappa shape index (κ2) is 53.8. The standard InChI is InChI=1S/C37H52BrI2N4.C37H54BrN4.C35H51Br2N4.9BrH/c1-36(2)30-25-28(39)15-17-32(30)41(21-11-23-43(5,6)7)34(36)19-13-27(38)14-20-35-37(3,4)31-26-29(40)16-18-33(31)42(35)22-12-24-44(8,9)10;1-36(2)30-17-11-13-19-32(30)39(25-15-27-41(5,6)7)34(36)23-21-29(38)22-24-35-37(3,4)31-18-12-14-20-33(31)40(35)26-16-28-42(8,9)10;1-34(2)28-24-26(36)16-18-30(28)38(20-12-22-40(5,6)7)32(34)14-11-15-33-35(3,4)29-25-27(37)17-19-31(29)39(33)21-13-23-41(8,9)10;;;;;;;;;/h13-20,25-26H,11-12,21-24H2,1-10H3;11-14,17-24H,15-16,25-28H2,1-10H3;11,14-19,24-25H,12-13,20-23H2,1-10H3;9*1H/q3*+3;;;;;;;;;/p-9. The summed E-state index contributed by atoms with van der Waals surface area (Å²) in [5.74, 6) is 0. The minimum absolute atomic E-state index is 0. The molecule has 0 spiro atoms. The van der Waals surface area contributed by atoms with E-state index in [2.05, 4.69) is 535 Å². The summed E-state index contributed by atoms with van der Waals surface area (Å²) in [5, 5.41) is 0. The monoisotopic (exact) mass is 2910 g/mol. The van der Waals surface area contributed by atoms with Crippen molar-refractivity contribution in [3.05, 3.63) is 264 Å². The van der Waals surface area contributed by atoms with Crippen molar-refractivity contribution >= 4 is 160 Å². The number of allylic oxidation sites excluding steroid dienone is 16. The summed E-state index contributed by atoms with van der Waals surface area (Å²) in [5.41, 5.74) is 24.3. The van der Waals surface area contributed by atoms with E-state index in [0.717, 1.165) is 162 Å². The fourth-order valence-corrected chi connectivity index (χ4v) is 21.7. The zero-order valence-corrected chi connectivity index (χ0v) is 112. The molecule has 0 saturated carbocycles. The van der Waals surface area contributed by atoms with Gasteiger partial charge in [-0.25, -0.2) is 0 Å². The molecule has 0 unspecified atom stereocenters. The zero-order valence-electron chi connectivity index (χ0n) is 86.7. The van der Waals surface area contributed by atoms with Gasteiger partial charge < -0.3 is 194 Å². The van der Waals surface area contributed by atoms with Gasteiger partial charge in [-0.1, -0.05) is 148 Å². The highest BCUT2D eigenvalue weighted by Crippen LogP contribution is 2.53. The van der Waals surface area contributed by atoms with Crippen molar-refractivity contribution in [2.24, 2.45) is 0 Å². The lowest BCUT2D eigenvalue weighted by Gasteiger charge is -2.29. The third-order valence-corrected chi connectivity index (χ3v) is 29.8. The number of hydrogen-bond donors (Lipinski definition) is 0. The van der Waals surface area contributed by atoms with Crippen LogP contribution in [-0.2, 0) is 32.5 Å². The smallest absolute Gasteiger partial charge is 0.209 e. The molecule has 0 aliphatic carbocycles. The molecule has 136 heavy (non-hydrogen) atoms. The molecule has 12 nitrogen and oxygen atoms in total. The number of fused-ring (bicyclic) bond motifs is 6. The number of rotatable bonds is 32. The number of nitrogens with zero attached hydrogens (tertiary/aromatic N) is 12. The lowest BCUT2D eigenvalue weighted by molar-refractivity contribution is -0.871. The molecule has 0 saturated heterocycles. The highest BCUT2D eigenvalue weighted by Gasteiger charge is 2.49. The molecule has 0 radical (unpaired) electrons. The number of quaternary nitrogens is 6. The van der Waals surface area contributed by atoms with E-state index in [1.807, 2.05) is 0 Å². The lowest BCUT2D eigenvalue weighted by Crippen LogP contribution is -3.00. The summed E-state index contributed by atoms with van der Waals surface area (Å²) in [6, 6.07) is 45.3. The quantitative estimate of drug-likeness (QED) is 0.0208. The molecule has 0 amide bonds. The van der Waals surface area contributed by atoms with Crippen LogP contribution in [0.15, 0.2) is 223 Å².